The molecule has 0 amide bonds. The highest BCUT2D eigenvalue weighted by molar-refractivity contribution is 5.28. The smallest absolute Gasteiger partial charge is 0.109 e. The highest BCUT2D eigenvalue weighted by Gasteiger charge is 2.29. The van der Waals surface area contributed by atoms with Crippen LogP contribution in [0.4, 0.5) is 0 Å². The molecule has 2 heteroatoms. The summed E-state index contributed by atoms with van der Waals surface area (Å²) in [5, 5.41) is 0. The van der Waals surface area contributed by atoms with Crippen LogP contribution in [-0.4, -0.2) is 25.4 Å². The van der Waals surface area contributed by atoms with Gasteiger partial charge in [0.25, 0.3) is 0 Å². The highest BCUT2D eigenvalue weighted by atomic mass is 16.5. The molecule has 0 aromatic rings. The van der Waals surface area contributed by atoms with Crippen molar-refractivity contribution in [1.29, 1.82) is 0 Å². The fraction of sp³-hybridized carbons (Fsp3) is 0.667. The van der Waals surface area contributed by atoms with E-state index in [1.807, 2.05) is 0 Å². The lowest BCUT2D eigenvalue weighted by molar-refractivity contribution is -0.0318. The molecule has 78 valence electrons. The van der Waals surface area contributed by atoms with E-state index in [0.29, 0.717) is 0 Å². The van der Waals surface area contributed by atoms with Crippen LogP contribution in [0.2, 0.25) is 0 Å². The number of hydrogen-bond acceptors (Lipinski definition) is 2. The van der Waals surface area contributed by atoms with Crippen LogP contribution >= 0.6 is 0 Å². The molecular weight excluding hydrogens is 176 g/mol. The van der Waals surface area contributed by atoms with E-state index in [-0.39, 0.29) is 12.2 Å². The number of ether oxygens (including phenoxy) is 2. The molecule has 2 nitrogen and oxygen atoms in total. The van der Waals surface area contributed by atoms with Gasteiger partial charge in [-0.05, 0) is 12.0 Å². The number of hydrogen-bond donors (Lipinski definition) is 0. The van der Waals surface area contributed by atoms with Gasteiger partial charge in [0, 0.05) is 0 Å². The zero-order chi connectivity index (χ0) is 9.80. The Hall–Kier alpha value is -0.600. The van der Waals surface area contributed by atoms with Gasteiger partial charge in [0.05, 0.1) is 19.3 Å². The van der Waals surface area contributed by atoms with Crippen molar-refractivity contribution in [2.75, 3.05) is 13.2 Å². The Morgan fingerprint density at radius 1 is 1.36 bits per heavy atom. The van der Waals surface area contributed by atoms with Gasteiger partial charge in [0.15, 0.2) is 0 Å². The highest BCUT2D eigenvalue weighted by Crippen LogP contribution is 2.26. The van der Waals surface area contributed by atoms with Gasteiger partial charge < -0.3 is 9.47 Å². The summed E-state index contributed by atoms with van der Waals surface area (Å²) in [6.07, 6.45) is 10.4. The van der Waals surface area contributed by atoms with Crippen molar-refractivity contribution in [3.63, 3.8) is 0 Å². The van der Waals surface area contributed by atoms with Crippen molar-refractivity contribution in [3.8, 4) is 0 Å². The van der Waals surface area contributed by atoms with Crippen LogP contribution in [0.15, 0.2) is 23.8 Å². The molecule has 2 rings (SSSR count). The molecule has 0 bridgehead atoms. The third-order valence-corrected chi connectivity index (χ3v) is 2.82. The first kappa shape index (κ1) is 9.94. The molecule has 0 N–H and O–H groups in total. The fourth-order valence-corrected chi connectivity index (χ4v) is 2.04. The summed E-state index contributed by atoms with van der Waals surface area (Å²) in [5.74, 6) is 0. The maximum atomic E-state index is 5.77. The average molecular weight is 194 g/mol. The van der Waals surface area contributed by atoms with Crippen LogP contribution in [0.5, 0.6) is 0 Å². The van der Waals surface area contributed by atoms with Gasteiger partial charge in [-0.15, -0.1) is 0 Å². The largest absolute Gasteiger partial charge is 0.371 e. The molecule has 0 saturated heterocycles. The van der Waals surface area contributed by atoms with Gasteiger partial charge in [-0.25, -0.2) is 0 Å². The molecular formula is C12H18O2. The zero-order valence-corrected chi connectivity index (χ0v) is 8.74. The van der Waals surface area contributed by atoms with Crippen LogP contribution in [0.3, 0.4) is 0 Å². The molecule has 0 unspecified atom stereocenters. The molecule has 0 spiro atoms. The SMILES string of the molecule is CCCC[C@@H]1OCC=CC2=CCO[C@@H]21. The van der Waals surface area contributed by atoms with Crippen molar-refractivity contribution in [2.24, 2.45) is 0 Å². The molecule has 0 radical (unpaired) electrons. The van der Waals surface area contributed by atoms with E-state index in [9.17, 15) is 0 Å². The summed E-state index contributed by atoms with van der Waals surface area (Å²) in [5.41, 5.74) is 1.31. The van der Waals surface area contributed by atoms with Crippen LogP contribution in [0.1, 0.15) is 26.2 Å². The maximum Gasteiger partial charge on any atom is 0.109 e. The minimum absolute atomic E-state index is 0.195. The molecule has 14 heavy (non-hydrogen) atoms. The standard InChI is InChI=1S/C12H18O2/c1-2-3-6-11-12-10(7-9-14-12)5-4-8-13-11/h4-5,7,11-12H,2-3,6,8-9H2,1H3/t11-,12-/m0/s1. The van der Waals surface area contributed by atoms with E-state index in [4.69, 9.17) is 9.47 Å². The molecule has 2 aliphatic rings. The van der Waals surface area contributed by atoms with Gasteiger partial charge in [-0.1, -0.05) is 38.0 Å². The lowest BCUT2D eigenvalue weighted by Crippen LogP contribution is -2.29. The van der Waals surface area contributed by atoms with Gasteiger partial charge in [0.2, 0.25) is 0 Å². The molecule has 2 aliphatic heterocycles. The second kappa shape index (κ2) is 4.76. The lowest BCUT2D eigenvalue weighted by atomic mass is 10.0. The summed E-state index contributed by atoms with van der Waals surface area (Å²) in [6.45, 7) is 3.68. The van der Waals surface area contributed by atoms with Crippen molar-refractivity contribution in [2.45, 2.75) is 38.4 Å². The third-order valence-electron chi connectivity index (χ3n) is 2.82. The van der Waals surface area contributed by atoms with Crippen LogP contribution in [0.25, 0.3) is 0 Å². The molecule has 0 saturated carbocycles. The van der Waals surface area contributed by atoms with Gasteiger partial charge in [-0.3, -0.25) is 0 Å². The Bertz CT molecular complexity index is 243. The molecule has 0 aromatic carbocycles. The van der Waals surface area contributed by atoms with E-state index in [0.717, 1.165) is 19.6 Å². The van der Waals surface area contributed by atoms with Crippen molar-refractivity contribution in [3.05, 3.63) is 23.8 Å². The Balaban J connectivity index is 2.00. The number of fused-ring (bicyclic) bond motifs is 1. The normalized spacial score (nSPS) is 31.1. The number of unbranched alkanes of at least 4 members (excludes halogenated alkanes) is 1. The monoisotopic (exact) mass is 194 g/mol. The van der Waals surface area contributed by atoms with E-state index < -0.39 is 0 Å². The maximum absolute atomic E-state index is 5.77. The Kier molecular flexibility index (Phi) is 3.38. The number of rotatable bonds is 3. The van der Waals surface area contributed by atoms with E-state index in [2.05, 4.69) is 25.2 Å². The second-order valence-electron chi connectivity index (χ2n) is 3.87. The van der Waals surface area contributed by atoms with E-state index in [1.54, 1.807) is 0 Å². The fourth-order valence-electron chi connectivity index (χ4n) is 2.04. The first-order chi connectivity index (χ1) is 6.92. The summed E-state index contributed by atoms with van der Waals surface area (Å²) < 4.78 is 11.4. The summed E-state index contributed by atoms with van der Waals surface area (Å²) >= 11 is 0. The molecule has 2 atom stereocenters. The Labute approximate surface area is 85.6 Å². The van der Waals surface area contributed by atoms with Crippen LogP contribution in [0, 0.1) is 0 Å². The van der Waals surface area contributed by atoms with E-state index >= 15 is 0 Å². The molecule has 0 aromatic heterocycles. The second-order valence-corrected chi connectivity index (χ2v) is 3.87. The minimum Gasteiger partial charge on any atom is -0.371 e. The summed E-state index contributed by atoms with van der Waals surface area (Å²) in [4.78, 5) is 0. The van der Waals surface area contributed by atoms with Crippen molar-refractivity contribution < 1.29 is 9.47 Å². The molecule has 2 heterocycles. The summed E-state index contributed by atoms with van der Waals surface area (Å²) in [7, 11) is 0. The lowest BCUT2D eigenvalue weighted by Gasteiger charge is -2.22. The van der Waals surface area contributed by atoms with Crippen LogP contribution < -0.4 is 0 Å². The average Bonchev–Trinajstić information content (AvgIpc) is 2.58. The first-order valence-corrected chi connectivity index (χ1v) is 5.51. The van der Waals surface area contributed by atoms with Crippen molar-refractivity contribution in [1.82, 2.24) is 0 Å². The van der Waals surface area contributed by atoms with Crippen molar-refractivity contribution >= 4 is 0 Å². The predicted molar refractivity (Wildman–Crippen MR) is 56.2 cm³/mol. The first-order valence-electron chi connectivity index (χ1n) is 5.51. The van der Waals surface area contributed by atoms with Crippen LogP contribution in [-0.2, 0) is 9.47 Å². The Morgan fingerprint density at radius 3 is 3.14 bits per heavy atom. The molecule has 0 fully saturated rings. The van der Waals surface area contributed by atoms with Gasteiger partial charge in [-0.2, -0.15) is 0 Å². The van der Waals surface area contributed by atoms with Gasteiger partial charge in [0.1, 0.15) is 6.10 Å². The third kappa shape index (κ3) is 2.07. The Morgan fingerprint density at radius 2 is 2.29 bits per heavy atom. The minimum atomic E-state index is 0.195. The summed E-state index contributed by atoms with van der Waals surface area (Å²) in [6, 6.07) is 0. The predicted octanol–water partition coefficient (Wildman–Crippen LogP) is 2.46. The topological polar surface area (TPSA) is 18.5 Å². The quantitative estimate of drug-likeness (QED) is 0.687. The van der Waals surface area contributed by atoms with Gasteiger partial charge >= 0.3 is 0 Å². The van der Waals surface area contributed by atoms with E-state index in [1.165, 1.54) is 18.4 Å². The molecule has 0 aliphatic carbocycles. The zero-order valence-electron chi connectivity index (χ0n) is 8.74.